The van der Waals surface area contributed by atoms with E-state index in [1.165, 1.54) is 20.8 Å². The standard InChI is InChI=1S/C13H18F3N3O3S/c1-12(2,3)11(13(14,15)16)17-10(20)9-7-6-23(21,22)5-4-8(7)18-19-9/h11H,4-6H2,1-3H3,(H,17,20)(H,18,19). The maximum absolute atomic E-state index is 13.1. The predicted octanol–water partition coefficient (Wildman–Crippen LogP) is 1.59. The summed E-state index contributed by atoms with van der Waals surface area (Å²) < 4.78 is 62.8. The van der Waals surface area contributed by atoms with Crippen LogP contribution in [0.25, 0.3) is 0 Å². The summed E-state index contributed by atoms with van der Waals surface area (Å²) in [6.07, 6.45) is -4.46. The molecule has 2 heterocycles. The van der Waals surface area contributed by atoms with Crippen molar-refractivity contribution in [1.82, 2.24) is 15.5 Å². The van der Waals surface area contributed by atoms with E-state index < -0.39 is 39.1 Å². The van der Waals surface area contributed by atoms with E-state index in [-0.39, 0.29) is 23.4 Å². The van der Waals surface area contributed by atoms with E-state index in [1.54, 1.807) is 0 Å². The number of alkyl halides is 3. The van der Waals surface area contributed by atoms with Gasteiger partial charge in [-0.3, -0.25) is 9.89 Å². The van der Waals surface area contributed by atoms with Crippen LogP contribution in [-0.2, 0) is 22.0 Å². The summed E-state index contributed by atoms with van der Waals surface area (Å²) in [5.74, 6) is -1.50. The SMILES string of the molecule is CC(C)(C)C(NC(=O)c1n[nH]c2c1CS(=O)(=O)CC2)C(F)(F)F. The zero-order valence-electron chi connectivity index (χ0n) is 12.9. The fourth-order valence-corrected chi connectivity index (χ4v) is 3.90. The van der Waals surface area contributed by atoms with Crippen molar-refractivity contribution in [3.63, 3.8) is 0 Å². The van der Waals surface area contributed by atoms with Crippen molar-refractivity contribution < 1.29 is 26.4 Å². The largest absolute Gasteiger partial charge is 0.409 e. The first-order valence-corrected chi connectivity index (χ1v) is 8.77. The number of hydrogen-bond donors (Lipinski definition) is 2. The summed E-state index contributed by atoms with van der Waals surface area (Å²) in [5, 5.41) is 8.19. The highest BCUT2D eigenvalue weighted by atomic mass is 32.2. The minimum atomic E-state index is -4.63. The summed E-state index contributed by atoms with van der Waals surface area (Å²) in [6.45, 7) is 4.07. The van der Waals surface area contributed by atoms with E-state index in [2.05, 4.69) is 10.2 Å². The summed E-state index contributed by atoms with van der Waals surface area (Å²) in [7, 11) is -3.37. The molecule has 6 nitrogen and oxygen atoms in total. The number of aromatic amines is 1. The molecule has 0 aromatic carbocycles. The van der Waals surface area contributed by atoms with Gasteiger partial charge in [0.2, 0.25) is 0 Å². The maximum Gasteiger partial charge on any atom is 0.409 e. The van der Waals surface area contributed by atoms with Crippen LogP contribution in [-0.4, -0.2) is 42.5 Å². The second-order valence-corrected chi connectivity index (χ2v) is 8.87. The van der Waals surface area contributed by atoms with Crippen molar-refractivity contribution in [3.8, 4) is 0 Å². The van der Waals surface area contributed by atoms with Crippen LogP contribution in [0.2, 0.25) is 0 Å². The third-order valence-corrected chi connectivity index (χ3v) is 5.22. The molecule has 0 fully saturated rings. The second-order valence-electron chi connectivity index (χ2n) is 6.69. The number of carbonyl (C=O) groups is 1. The predicted molar refractivity (Wildman–Crippen MR) is 76.5 cm³/mol. The minimum absolute atomic E-state index is 0.0730. The van der Waals surface area contributed by atoms with Crippen LogP contribution in [0.15, 0.2) is 0 Å². The Morgan fingerprint density at radius 2 is 1.91 bits per heavy atom. The molecule has 0 aliphatic carbocycles. The van der Waals surface area contributed by atoms with E-state index in [4.69, 9.17) is 0 Å². The maximum atomic E-state index is 13.1. The molecule has 0 saturated carbocycles. The van der Waals surface area contributed by atoms with Crippen LogP contribution >= 0.6 is 0 Å². The zero-order valence-corrected chi connectivity index (χ0v) is 13.7. The number of fused-ring (bicyclic) bond motifs is 1. The van der Waals surface area contributed by atoms with Gasteiger partial charge in [0.1, 0.15) is 6.04 Å². The Bertz CT molecular complexity index is 703. The molecule has 10 heteroatoms. The first kappa shape index (κ1) is 17.8. The second kappa shape index (κ2) is 5.50. The molecular formula is C13H18F3N3O3S. The molecule has 130 valence electrons. The molecule has 0 spiro atoms. The molecule has 2 N–H and O–H groups in total. The number of hydrogen-bond acceptors (Lipinski definition) is 4. The van der Waals surface area contributed by atoms with Crippen LogP contribution in [0.5, 0.6) is 0 Å². The first-order valence-electron chi connectivity index (χ1n) is 6.95. The topological polar surface area (TPSA) is 91.9 Å². The van der Waals surface area contributed by atoms with Gasteiger partial charge in [0.15, 0.2) is 15.5 Å². The van der Waals surface area contributed by atoms with E-state index >= 15 is 0 Å². The smallest absolute Gasteiger partial charge is 0.338 e. The third kappa shape index (κ3) is 3.85. The van der Waals surface area contributed by atoms with Gasteiger partial charge < -0.3 is 5.32 Å². The molecule has 1 aliphatic heterocycles. The quantitative estimate of drug-likeness (QED) is 0.845. The van der Waals surface area contributed by atoms with E-state index in [0.29, 0.717) is 5.69 Å². The molecule has 1 unspecified atom stereocenters. The van der Waals surface area contributed by atoms with Crippen molar-refractivity contribution in [2.24, 2.45) is 5.41 Å². The van der Waals surface area contributed by atoms with Gasteiger partial charge in [-0.2, -0.15) is 18.3 Å². The zero-order chi connectivity index (χ0) is 17.6. The molecular weight excluding hydrogens is 335 g/mol. The highest BCUT2D eigenvalue weighted by Crippen LogP contribution is 2.33. The van der Waals surface area contributed by atoms with Crippen molar-refractivity contribution >= 4 is 15.7 Å². The average Bonchev–Trinajstić information content (AvgIpc) is 2.74. The van der Waals surface area contributed by atoms with Crippen molar-refractivity contribution in [3.05, 3.63) is 17.0 Å². The molecule has 0 radical (unpaired) electrons. The lowest BCUT2D eigenvalue weighted by Gasteiger charge is -2.32. The molecule has 1 aliphatic rings. The lowest BCUT2D eigenvalue weighted by molar-refractivity contribution is -0.174. The lowest BCUT2D eigenvalue weighted by Crippen LogP contribution is -2.53. The molecule has 1 amide bonds. The lowest BCUT2D eigenvalue weighted by atomic mass is 9.86. The van der Waals surface area contributed by atoms with Crippen molar-refractivity contribution in [1.29, 1.82) is 0 Å². The molecule has 1 atom stereocenters. The molecule has 23 heavy (non-hydrogen) atoms. The normalized spacial score (nSPS) is 19.0. The molecule has 0 bridgehead atoms. The third-order valence-electron chi connectivity index (χ3n) is 3.66. The van der Waals surface area contributed by atoms with Gasteiger partial charge in [0, 0.05) is 17.7 Å². The Morgan fingerprint density at radius 1 is 1.30 bits per heavy atom. The Hall–Kier alpha value is -1.58. The highest BCUT2D eigenvalue weighted by molar-refractivity contribution is 7.90. The summed E-state index contributed by atoms with van der Waals surface area (Å²) >= 11 is 0. The van der Waals surface area contributed by atoms with Crippen LogP contribution in [0.4, 0.5) is 13.2 Å². The van der Waals surface area contributed by atoms with Gasteiger partial charge in [0.05, 0.1) is 11.5 Å². The summed E-state index contributed by atoms with van der Waals surface area (Å²) in [5.41, 5.74) is -0.911. The van der Waals surface area contributed by atoms with Crippen LogP contribution < -0.4 is 5.32 Å². The molecule has 0 saturated heterocycles. The van der Waals surface area contributed by atoms with Gasteiger partial charge in [0.25, 0.3) is 5.91 Å². The number of halogens is 3. The van der Waals surface area contributed by atoms with E-state index in [0.717, 1.165) is 0 Å². The number of nitrogens with zero attached hydrogens (tertiary/aromatic N) is 1. The average molecular weight is 353 g/mol. The number of carbonyl (C=O) groups excluding carboxylic acids is 1. The number of amides is 1. The number of sulfone groups is 1. The minimum Gasteiger partial charge on any atom is -0.338 e. The number of aromatic nitrogens is 2. The first-order chi connectivity index (χ1) is 10.3. The Morgan fingerprint density at radius 3 is 2.43 bits per heavy atom. The number of H-pyrrole nitrogens is 1. The van der Waals surface area contributed by atoms with Gasteiger partial charge in [-0.1, -0.05) is 20.8 Å². The fourth-order valence-electron chi connectivity index (χ4n) is 2.49. The van der Waals surface area contributed by atoms with Gasteiger partial charge >= 0.3 is 6.18 Å². The molecule has 2 rings (SSSR count). The Kier molecular flexibility index (Phi) is 4.25. The molecule has 1 aromatic heterocycles. The number of aryl methyl sites for hydroxylation is 1. The molecule has 1 aromatic rings. The summed E-state index contributed by atoms with van der Waals surface area (Å²) in [4.78, 5) is 12.2. The van der Waals surface area contributed by atoms with Gasteiger partial charge in [-0.25, -0.2) is 8.42 Å². The van der Waals surface area contributed by atoms with Gasteiger partial charge in [-0.05, 0) is 5.41 Å². The van der Waals surface area contributed by atoms with E-state index in [9.17, 15) is 26.4 Å². The summed E-state index contributed by atoms with van der Waals surface area (Å²) in [6, 6.07) is -2.07. The van der Waals surface area contributed by atoms with Crippen molar-refractivity contribution in [2.45, 2.75) is 45.2 Å². The Labute approximate surface area is 131 Å². The Balaban J connectivity index is 2.30. The highest BCUT2D eigenvalue weighted by Gasteiger charge is 2.48. The van der Waals surface area contributed by atoms with Crippen LogP contribution in [0, 0.1) is 5.41 Å². The van der Waals surface area contributed by atoms with E-state index in [1.807, 2.05) is 5.32 Å². The van der Waals surface area contributed by atoms with Crippen LogP contribution in [0.3, 0.4) is 0 Å². The van der Waals surface area contributed by atoms with Gasteiger partial charge in [-0.15, -0.1) is 0 Å². The number of nitrogens with one attached hydrogen (secondary N) is 2. The monoisotopic (exact) mass is 353 g/mol. The fraction of sp³-hybridized carbons (Fsp3) is 0.692. The van der Waals surface area contributed by atoms with Crippen molar-refractivity contribution in [2.75, 3.05) is 5.75 Å². The number of rotatable bonds is 2. The van der Waals surface area contributed by atoms with Crippen LogP contribution in [0.1, 0.15) is 42.5 Å².